The molecule has 8 nitrogen and oxygen atoms in total. The van der Waals surface area contributed by atoms with Crippen molar-refractivity contribution < 1.29 is 18.8 Å². The van der Waals surface area contributed by atoms with Gasteiger partial charge < -0.3 is 9.32 Å². The van der Waals surface area contributed by atoms with Crippen LogP contribution in [0.3, 0.4) is 0 Å². The highest BCUT2D eigenvalue weighted by atomic mass is 16.4. The van der Waals surface area contributed by atoms with Crippen molar-refractivity contribution in [3.8, 4) is 11.5 Å². The van der Waals surface area contributed by atoms with Gasteiger partial charge in [0.25, 0.3) is 11.8 Å². The number of rotatable bonds is 5. The first-order valence-corrected chi connectivity index (χ1v) is 9.02. The summed E-state index contributed by atoms with van der Waals surface area (Å²) in [6.45, 7) is 1.71. The normalized spacial score (nSPS) is 13.0. The van der Waals surface area contributed by atoms with Crippen LogP contribution >= 0.6 is 0 Å². The fourth-order valence-corrected chi connectivity index (χ4v) is 3.06. The van der Waals surface area contributed by atoms with Crippen LogP contribution in [0.15, 0.2) is 52.9 Å². The van der Waals surface area contributed by atoms with Gasteiger partial charge in [-0.2, -0.15) is 0 Å². The van der Waals surface area contributed by atoms with Gasteiger partial charge in [-0.25, -0.2) is 0 Å². The molecule has 0 fully saturated rings. The second kappa shape index (κ2) is 7.31. The zero-order valence-corrected chi connectivity index (χ0v) is 16.0. The van der Waals surface area contributed by atoms with Gasteiger partial charge in [0.2, 0.25) is 17.7 Å². The molecule has 8 heteroatoms. The first-order valence-electron chi connectivity index (χ1n) is 9.02. The van der Waals surface area contributed by atoms with Crippen LogP contribution in [0.5, 0.6) is 0 Å². The molecule has 0 bridgehead atoms. The van der Waals surface area contributed by atoms with Crippen LogP contribution < -0.4 is 0 Å². The molecule has 4 rings (SSSR count). The fraction of sp³-hybridized carbons (Fsp3) is 0.190. The Bertz CT molecular complexity index is 1070. The lowest BCUT2D eigenvalue weighted by atomic mass is 10.1. The van der Waals surface area contributed by atoms with Crippen molar-refractivity contribution in [1.82, 2.24) is 20.0 Å². The van der Waals surface area contributed by atoms with Crippen molar-refractivity contribution in [2.75, 3.05) is 13.6 Å². The van der Waals surface area contributed by atoms with Crippen molar-refractivity contribution in [1.29, 1.82) is 0 Å². The van der Waals surface area contributed by atoms with E-state index in [4.69, 9.17) is 4.42 Å². The zero-order chi connectivity index (χ0) is 20.5. The van der Waals surface area contributed by atoms with E-state index in [1.54, 1.807) is 31.3 Å². The van der Waals surface area contributed by atoms with Crippen molar-refractivity contribution in [3.63, 3.8) is 0 Å². The summed E-state index contributed by atoms with van der Waals surface area (Å²) in [6.07, 6.45) is 0. The van der Waals surface area contributed by atoms with Crippen molar-refractivity contribution in [2.45, 2.75) is 13.5 Å². The van der Waals surface area contributed by atoms with Crippen molar-refractivity contribution >= 4 is 17.7 Å². The van der Waals surface area contributed by atoms with Crippen LogP contribution in [0.1, 0.15) is 32.2 Å². The quantitative estimate of drug-likeness (QED) is 0.620. The Hall–Kier alpha value is -3.81. The van der Waals surface area contributed by atoms with Gasteiger partial charge in [0.15, 0.2) is 0 Å². The summed E-state index contributed by atoms with van der Waals surface area (Å²) in [6, 6.07) is 14.2. The molecule has 0 radical (unpaired) electrons. The maximum atomic E-state index is 12.5. The SMILES string of the molecule is Cc1ccc(-c2nnc(CN(C)C(=O)CN3C(=O)c4ccccc4C3=O)o2)cc1. The number of hydrogen-bond donors (Lipinski definition) is 0. The van der Waals surface area contributed by atoms with Gasteiger partial charge in [0.05, 0.1) is 17.7 Å². The largest absolute Gasteiger partial charge is 0.419 e. The number of amides is 3. The number of likely N-dealkylation sites (N-methyl/N-ethyl adjacent to an activating group) is 1. The highest BCUT2D eigenvalue weighted by molar-refractivity contribution is 6.22. The summed E-state index contributed by atoms with van der Waals surface area (Å²) in [5.41, 5.74) is 2.53. The van der Waals surface area contributed by atoms with Crippen molar-refractivity contribution in [3.05, 3.63) is 71.1 Å². The monoisotopic (exact) mass is 390 g/mol. The highest BCUT2D eigenvalue weighted by Crippen LogP contribution is 2.22. The molecule has 146 valence electrons. The van der Waals surface area contributed by atoms with E-state index in [-0.39, 0.29) is 19.0 Å². The molecule has 1 aliphatic heterocycles. The van der Waals surface area contributed by atoms with E-state index in [0.717, 1.165) is 16.0 Å². The van der Waals surface area contributed by atoms with E-state index in [0.29, 0.717) is 17.0 Å². The molecule has 29 heavy (non-hydrogen) atoms. The van der Waals surface area contributed by atoms with E-state index in [1.165, 1.54) is 4.90 Å². The van der Waals surface area contributed by atoms with Gasteiger partial charge in [-0.05, 0) is 31.2 Å². The maximum Gasteiger partial charge on any atom is 0.262 e. The number of nitrogens with zero attached hydrogens (tertiary/aromatic N) is 4. The molecule has 0 unspecified atom stereocenters. The Morgan fingerprint density at radius 1 is 1.00 bits per heavy atom. The molecular formula is C21H18N4O4. The van der Waals surface area contributed by atoms with Gasteiger partial charge >= 0.3 is 0 Å². The molecule has 3 aromatic rings. The minimum absolute atomic E-state index is 0.0703. The Labute approximate surface area is 166 Å². The van der Waals surface area contributed by atoms with E-state index < -0.39 is 17.7 Å². The minimum atomic E-state index is -0.466. The first-order chi connectivity index (χ1) is 13.9. The number of imide groups is 1. The Morgan fingerprint density at radius 2 is 1.62 bits per heavy atom. The molecule has 2 heterocycles. The molecule has 0 spiro atoms. The Morgan fingerprint density at radius 3 is 2.24 bits per heavy atom. The molecule has 3 amide bonds. The average molecular weight is 390 g/mol. The molecular weight excluding hydrogens is 372 g/mol. The first kappa shape index (κ1) is 18.5. The van der Waals surface area contributed by atoms with Gasteiger partial charge in [-0.15, -0.1) is 10.2 Å². The van der Waals surface area contributed by atoms with Crippen molar-refractivity contribution in [2.24, 2.45) is 0 Å². The van der Waals surface area contributed by atoms with Gasteiger partial charge in [0.1, 0.15) is 6.54 Å². The lowest BCUT2D eigenvalue weighted by molar-refractivity contribution is -0.131. The van der Waals surface area contributed by atoms with Crippen LogP contribution in [0.25, 0.3) is 11.5 Å². The van der Waals surface area contributed by atoms with Gasteiger partial charge in [-0.3, -0.25) is 19.3 Å². The number of fused-ring (bicyclic) bond motifs is 1. The number of aromatic nitrogens is 2. The second-order valence-electron chi connectivity index (χ2n) is 6.86. The molecule has 0 saturated heterocycles. The van der Waals surface area contributed by atoms with Gasteiger partial charge in [-0.1, -0.05) is 29.8 Å². The molecule has 0 saturated carbocycles. The minimum Gasteiger partial charge on any atom is -0.419 e. The summed E-state index contributed by atoms with van der Waals surface area (Å²) < 4.78 is 5.63. The molecule has 1 aromatic heterocycles. The van der Waals surface area contributed by atoms with E-state index >= 15 is 0 Å². The predicted octanol–water partition coefficient (Wildman–Crippen LogP) is 2.30. The Balaban J connectivity index is 1.41. The number of hydrogen-bond acceptors (Lipinski definition) is 6. The van der Waals surface area contributed by atoms with E-state index in [9.17, 15) is 14.4 Å². The third-order valence-corrected chi connectivity index (χ3v) is 4.74. The smallest absolute Gasteiger partial charge is 0.262 e. The third kappa shape index (κ3) is 3.52. The lowest BCUT2D eigenvalue weighted by Gasteiger charge is -2.19. The standard InChI is InChI=1S/C21H18N4O4/c1-13-7-9-14(10-8-13)19-23-22-17(29-19)11-24(2)18(26)12-25-20(27)15-5-3-4-6-16(15)21(25)28/h3-10H,11-12H2,1-2H3. The summed E-state index contributed by atoms with van der Waals surface area (Å²) in [7, 11) is 1.55. The molecule has 0 aliphatic carbocycles. The predicted molar refractivity (Wildman–Crippen MR) is 103 cm³/mol. The highest BCUT2D eigenvalue weighted by Gasteiger charge is 2.36. The van der Waals surface area contributed by atoms with Crippen LogP contribution in [-0.4, -0.2) is 51.3 Å². The van der Waals surface area contributed by atoms with Gasteiger partial charge in [0, 0.05) is 12.6 Å². The molecule has 0 N–H and O–H groups in total. The molecule has 0 atom stereocenters. The molecule has 2 aromatic carbocycles. The van der Waals surface area contributed by atoms with Crippen LogP contribution in [0.2, 0.25) is 0 Å². The number of aryl methyl sites for hydroxylation is 1. The maximum absolute atomic E-state index is 12.5. The number of carbonyl (C=O) groups excluding carboxylic acids is 3. The summed E-state index contributed by atoms with van der Waals surface area (Å²) in [5.74, 6) is -0.715. The lowest BCUT2D eigenvalue weighted by Crippen LogP contribution is -2.41. The zero-order valence-electron chi connectivity index (χ0n) is 16.0. The fourth-order valence-electron chi connectivity index (χ4n) is 3.06. The summed E-state index contributed by atoms with van der Waals surface area (Å²) in [4.78, 5) is 39.6. The second-order valence-corrected chi connectivity index (χ2v) is 6.86. The molecule has 1 aliphatic rings. The number of benzene rings is 2. The topological polar surface area (TPSA) is 96.6 Å². The Kier molecular flexibility index (Phi) is 4.67. The average Bonchev–Trinajstić information content (AvgIpc) is 3.28. The third-order valence-electron chi connectivity index (χ3n) is 4.74. The summed E-state index contributed by atoms with van der Waals surface area (Å²) >= 11 is 0. The van der Waals surface area contributed by atoms with E-state index in [1.807, 2.05) is 31.2 Å². The van der Waals surface area contributed by atoms with Crippen LogP contribution in [-0.2, 0) is 11.3 Å². The van der Waals surface area contributed by atoms with E-state index in [2.05, 4.69) is 10.2 Å². The number of carbonyl (C=O) groups is 3. The van der Waals surface area contributed by atoms with Crippen LogP contribution in [0.4, 0.5) is 0 Å². The van der Waals surface area contributed by atoms with Crippen LogP contribution in [0, 0.1) is 6.92 Å². The summed E-state index contributed by atoms with van der Waals surface area (Å²) in [5, 5.41) is 7.98.